The molecule has 1 atom stereocenters. The van der Waals surface area contributed by atoms with E-state index in [1.165, 1.54) is 17.4 Å². The van der Waals surface area contributed by atoms with Crippen molar-refractivity contribution < 1.29 is 14.3 Å². The number of likely N-dealkylation sites (tertiary alicyclic amines) is 1. The van der Waals surface area contributed by atoms with Crippen LogP contribution in [0.3, 0.4) is 0 Å². The number of aliphatic hydroxyl groups excluding tert-OH is 1. The normalized spacial score (nSPS) is 21.5. The van der Waals surface area contributed by atoms with E-state index >= 15 is 0 Å². The number of imidazole rings is 1. The Morgan fingerprint density at radius 1 is 1.37 bits per heavy atom. The summed E-state index contributed by atoms with van der Waals surface area (Å²) in [5.41, 5.74) is 1.22. The number of pyridine rings is 1. The number of carbonyl (C=O) groups excluding carboxylic acids is 1. The van der Waals surface area contributed by atoms with Crippen LogP contribution >= 0.6 is 11.3 Å². The zero-order valence-electron chi connectivity index (χ0n) is 16.8. The van der Waals surface area contributed by atoms with E-state index in [0.29, 0.717) is 44.1 Å². The number of aromatic nitrogens is 3. The van der Waals surface area contributed by atoms with Crippen LogP contribution in [0.4, 0.5) is 10.2 Å². The standard InChI is InChI=1S/C21H24FN5O2S/c1-14-17(27-9-10-30-20(27)24-14)19(29)25-7-4-21(5-8-25)11-15(28)12-26(13-21)18-16(22)3-2-6-23-18/h2-3,6,9-10,15,28H,4-5,7-8,11-13H2,1H3. The predicted octanol–water partition coefficient (Wildman–Crippen LogP) is 2.73. The van der Waals surface area contributed by atoms with Gasteiger partial charge in [0.05, 0.1) is 11.8 Å². The molecule has 0 aromatic carbocycles. The molecule has 30 heavy (non-hydrogen) atoms. The molecule has 5 heterocycles. The lowest BCUT2D eigenvalue weighted by Gasteiger charge is -2.49. The maximum atomic E-state index is 14.3. The van der Waals surface area contributed by atoms with Crippen molar-refractivity contribution in [2.75, 3.05) is 31.1 Å². The summed E-state index contributed by atoms with van der Waals surface area (Å²) in [6.45, 7) is 4.11. The lowest BCUT2D eigenvalue weighted by molar-refractivity contribution is 0.0242. The van der Waals surface area contributed by atoms with Gasteiger partial charge in [0.1, 0.15) is 5.69 Å². The number of thiazole rings is 1. The number of nitrogens with zero attached hydrogens (tertiary/aromatic N) is 5. The van der Waals surface area contributed by atoms with Crippen LogP contribution in [0.5, 0.6) is 0 Å². The summed E-state index contributed by atoms with van der Waals surface area (Å²) < 4.78 is 16.1. The topological polar surface area (TPSA) is 74.0 Å². The van der Waals surface area contributed by atoms with Gasteiger partial charge < -0.3 is 14.9 Å². The number of rotatable bonds is 2. The molecule has 2 aliphatic heterocycles. The van der Waals surface area contributed by atoms with Gasteiger partial charge in [-0.25, -0.2) is 14.4 Å². The zero-order valence-corrected chi connectivity index (χ0v) is 17.6. The largest absolute Gasteiger partial charge is 0.391 e. The fourth-order valence-electron chi connectivity index (χ4n) is 4.97. The van der Waals surface area contributed by atoms with Crippen molar-refractivity contribution >= 4 is 28.0 Å². The van der Waals surface area contributed by atoms with Crippen LogP contribution in [0.15, 0.2) is 29.9 Å². The van der Waals surface area contributed by atoms with Gasteiger partial charge in [0.2, 0.25) is 0 Å². The molecule has 2 saturated heterocycles. The van der Waals surface area contributed by atoms with Crippen LogP contribution < -0.4 is 4.90 Å². The molecule has 0 aliphatic carbocycles. The number of aryl methyl sites for hydroxylation is 1. The Morgan fingerprint density at radius 3 is 2.93 bits per heavy atom. The van der Waals surface area contributed by atoms with Gasteiger partial charge in [-0.3, -0.25) is 9.20 Å². The minimum atomic E-state index is -0.537. The van der Waals surface area contributed by atoms with Gasteiger partial charge in [-0.05, 0) is 43.7 Å². The number of carbonyl (C=O) groups is 1. The maximum Gasteiger partial charge on any atom is 0.272 e. The van der Waals surface area contributed by atoms with Gasteiger partial charge in [0.25, 0.3) is 5.91 Å². The molecular weight excluding hydrogens is 405 g/mol. The number of hydrogen-bond donors (Lipinski definition) is 1. The number of halogens is 1. The molecule has 1 amide bonds. The van der Waals surface area contributed by atoms with Crippen LogP contribution in [-0.4, -0.2) is 62.6 Å². The molecule has 2 aliphatic rings. The molecule has 0 saturated carbocycles. The molecule has 9 heteroatoms. The van der Waals surface area contributed by atoms with E-state index in [4.69, 9.17) is 0 Å². The average Bonchev–Trinajstić information content (AvgIpc) is 3.28. The van der Waals surface area contributed by atoms with E-state index < -0.39 is 6.10 Å². The van der Waals surface area contributed by atoms with E-state index in [1.54, 1.807) is 12.3 Å². The highest BCUT2D eigenvalue weighted by atomic mass is 32.1. The lowest BCUT2D eigenvalue weighted by Crippen LogP contribution is -2.55. The number of β-amino-alcohol motifs (C(OH)–C–C–N with tert-alkyl or cyclic N) is 1. The SMILES string of the molecule is Cc1nc2sccn2c1C(=O)N1CCC2(CC1)CC(O)CN(c1ncccc1F)C2. The Bertz CT molecular complexity index is 1090. The van der Waals surface area contributed by atoms with Crippen LogP contribution in [0.1, 0.15) is 35.4 Å². The monoisotopic (exact) mass is 429 g/mol. The van der Waals surface area contributed by atoms with Crippen molar-refractivity contribution in [2.45, 2.75) is 32.3 Å². The van der Waals surface area contributed by atoms with Gasteiger partial charge in [-0.15, -0.1) is 11.3 Å². The second-order valence-corrected chi connectivity index (χ2v) is 9.31. The number of hydrogen-bond acceptors (Lipinski definition) is 6. The molecule has 7 nitrogen and oxygen atoms in total. The van der Waals surface area contributed by atoms with Gasteiger partial charge in [-0.1, -0.05) is 0 Å². The van der Waals surface area contributed by atoms with Crippen molar-refractivity contribution in [2.24, 2.45) is 5.41 Å². The second kappa shape index (κ2) is 7.31. The van der Waals surface area contributed by atoms with Crippen molar-refractivity contribution in [1.82, 2.24) is 19.3 Å². The van der Waals surface area contributed by atoms with Crippen LogP contribution in [0.25, 0.3) is 4.96 Å². The van der Waals surface area contributed by atoms with E-state index in [9.17, 15) is 14.3 Å². The maximum absolute atomic E-state index is 14.3. The fourth-order valence-corrected chi connectivity index (χ4v) is 5.73. The molecule has 1 N–H and O–H groups in total. The lowest BCUT2D eigenvalue weighted by atomic mass is 9.71. The smallest absolute Gasteiger partial charge is 0.272 e. The number of anilines is 1. The Balaban J connectivity index is 1.33. The minimum Gasteiger partial charge on any atom is -0.391 e. The Hall–Kier alpha value is -2.52. The fraction of sp³-hybridized carbons (Fsp3) is 0.476. The molecule has 1 unspecified atom stereocenters. The van der Waals surface area contributed by atoms with Gasteiger partial charge >= 0.3 is 0 Å². The molecule has 2 fully saturated rings. The van der Waals surface area contributed by atoms with Gasteiger partial charge in [0, 0.05) is 44.0 Å². The zero-order chi connectivity index (χ0) is 20.9. The molecule has 0 radical (unpaired) electrons. The van der Waals surface area contributed by atoms with E-state index in [0.717, 1.165) is 23.5 Å². The first kappa shape index (κ1) is 19.4. The van der Waals surface area contributed by atoms with Gasteiger partial charge in [0.15, 0.2) is 16.6 Å². The van der Waals surface area contributed by atoms with Crippen LogP contribution in [-0.2, 0) is 0 Å². The third-order valence-electron chi connectivity index (χ3n) is 6.41. The first-order valence-corrected chi connectivity index (χ1v) is 11.1. The summed E-state index contributed by atoms with van der Waals surface area (Å²) >= 11 is 1.51. The summed E-state index contributed by atoms with van der Waals surface area (Å²) in [5.74, 6) is -0.0774. The van der Waals surface area contributed by atoms with E-state index in [-0.39, 0.29) is 17.1 Å². The van der Waals surface area contributed by atoms with E-state index in [1.807, 2.05) is 32.7 Å². The molecule has 3 aromatic heterocycles. The number of fused-ring (bicyclic) bond motifs is 1. The van der Waals surface area contributed by atoms with Crippen LogP contribution in [0.2, 0.25) is 0 Å². The summed E-state index contributed by atoms with van der Waals surface area (Å²) in [7, 11) is 0. The average molecular weight is 430 g/mol. The van der Waals surface area contributed by atoms with Gasteiger partial charge in [-0.2, -0.15) is 0 Å². The first-order chi connectivity index (χ1) is 14.5. The predicted molar refractivity (Wildman–Crippen MR) is 112 cm³/mol. The first-order valence-electron chi connectivity index (χ1n) is 10.2. The quantitative estimate of drug-likeness (QED) is 0.678. The number of amides is 1. The molecule has 0 bridgehead atoms. The molecular formula is C21H24FN5O2S. The van der Waals surface area contributed by atoms with E-state index in [2.05, 4.69) is 9.97 Å². The summed E-state index contributed by atoms with van der Waals surface area (Å²) in [6.07, 6.45) is 5.13. The van der Waals surface area contributed by atoms with Crippen molar-refractivity contribution in [3.8, 4) is 0 Å². The van der Waals surface area contributed by atoms with Crippen LogP contribution in [0, 0.1) is 18.2 Å². The second-order valence-electron chi connectivity index (χ2n) is 8.44. The third-order valence-corrected chi connectivity index (χ3v) is 7.17. The van der Waals surface area contributed by atoms with Crippen molar-refractivity contribution in [1.29, 1.82) is 0 Å². The summed E-state index contributed by atoms with van der Waals surface area (Å²) in [5, 5.41) is 12.5. The highest BCUT2D eigenvalue weighted by molar-refractivity contribution is 7.15. The highest BCUT2D eigenvalue weighted by Crippen LogP contribution is 2.41. The summed E-state index contributed by atoms with van der Waals surface area (Å²) in [6, 6.07) is 2.97. The summed E-state index contributed by atoms with van der Waals surface area (Å²) in [4.78, 5) is 26.5. The highest BCUT2D eigenvalue weighted by Gasteiger charge is 2.43. The van der Waals surface area contributed by atoms with Crippen molar-refractivity contribution in [3.05, 3.63) is 47.1 Å². The number of piperidine rings is 2. The molecule has 5 rings (SSSR count). The number of aliphatic hydroxyl groups is 1. The van der Waals surface area contributed by atoms with Crippen molar-refractivity contribution in [3.63, 3.8) is 0 Å². The Morgan fingerprint density at radius 2 is 2.17 bits per heavy atom. The minimum absolute atomic E-state index is 0.00256. The molecule has 3 aromatic rings. The molecule has 1 spiro atoms. The molecule has 158 valence electrons. The third kappa shape index (κ3) is 3.26. The Labute approximate surface area is 177 Å². The Kier molecular flexibility index (Phi) is 4.74.